The predicted octanol–water partition coefficient (Wildman–Crippen LogP) is 9.19. The van der Waals surface area contributed by atoms with E-state index in [-0.39, 0.29) is 87.7 Å². The first-order valence-corrected chi connectivity index (χ1v) is 30.4. The molecule has 2 saturated heterocycles. The molecule has 3 aromatic rings. The molecule has 0 radical (unpaired) electrons. The van der Waals surface area contributed by atoms with Crippen LogP contribution in [0.3, 0.4) is 0 Å². The molecular weight excluding hydrogens is 1180 g/mol. The summed E-state index contributed by atoms with van der Waals surface area (Å²) in [6.45, 7) is 15.0. The topological polar surface area (TPSA) is 284 Å². The highest BCUT2D eigenvalue weighted by Gasteiger charge is 2.64. The van der Waals surface area contributed by atoms with Crippen LogP contribution in [-0.4, -0.2) is 132 Å². The van der Waals surface area contributed by atoms with Crippen LogP contribution < -0.4 is 26.6 Å². The summed E-state index contributed by atoms with van der Waals surface area (Å²) in [5, 5.41) is 21.4. The van der Waals surface area contributed by atoms with Crippen molar-refractivity contribution < 1.29 is 67.1 Å². The number of Topliss-reactive ketones (excluding diaryl/α,β-unsaturated/α-hetero) is 2. The van der Waals surface area contributed by atoms with Gasteiger partial charge in [0.1, 0.15) is 35.3 Å². The average molecular weight is 1260 g/mol. The van der Waals surface area contributed by atoms with Crippen molar-refractivity contribution in [2.24, 2.45) is 23.5 Å². The molecule has 85 heavy (non-hydrogen) atoms. The zero-order chi connectivity index (χ0) is 62.3. The Labute approximate surface area is 510 Å². The molecule has 1 aromatic heterocycles. The molecule has 4 heterocycles. The van der Waals surface area contributed by atoms with E-state index in [1.165, 1.54) is 18.2 Å². The number of amides is 5. The molecule has 5 amide bonds. The summed E-state index contributed by atoms with van der Waals surface area (Å²) < 4.78 is 29.4. The van der Waals surface area contributed by atoms with E-state index in [0.717, 1.165) is 29.5 Å². The number of methoxy groups -OCH3 is 1. The maximum absolute atomic E-state index is 14.5. The number of esters is 2. The Morgan fingerprint density at radius 1 is 1.06 bits per heavy atom. The molecule has 3 aliphatic heterocycles. The third kappa shape index (κ3) is 18.3. The number of primary amides is 1. The quantitative estimate of drug-likeness (QED) is 0.0140. The number of nitrogens with two attached hydrogens (primary N) is 1. The van der Waals surface area contributed by atoms with Gasteiger partial charge in [-0.05, 0) is 99.7 Å². The minimum atomic E-state index is -1.64. The Bertz CT molecular complexity index is 3040. The number of nitrogens with zero attached hydrogens (tertiary/aromatic N) is 2. The molecular formula is C63H82BrClN6O14. The minimum absolute atomic E-state index is 0.00789. The Morgan fingerprint density at radius 3 is 2.51 bits per heavy atom. The lowest BCUT2D eigenvalue weighted by atomic mass is 9.78. The van der Waals surface area contributed by atoms with E-state index in [1.807, 2.05) is 52.8 Å². The number of aliphatic hydroxyl groups is 1. The van der Waals surface area contributed by atoms with E-state index in [4.69, 9.17) is 41.0 Å². The number of rotatable bonds is 24. The normalized spacial score (nSPS) is 24.2. The van der Waals surface area contributed by atoms with E-state index < -0.39 is 89.4 Å². The standard InChI is InChI=1S/C63H82BrClN6O14/c1-36(2)45(31-43(72)18-12-10-11-13-26-82-59(77)39(5)35-64)58(76)69-47(20-16-25-68-60(66)78)49(73)30-42-22-23-46(44-19-15-24-67-56(42)44)70-61(79)84-52-32-53(74)71(8)48-29-41(28-38(4)55(48)65)27-37(3)17-14-21-51(81-9)63(80)33-50(83-54(75)34-63)40(6)57-62(52,7)85-57/h14-15,17,19,21-24,28-29,36,40,45,47,50-52,57,80H,5,10-13,16,18,20,25-27,30-35H2,1-4,6-9H3,(H,69,76)(H,70,79)(H3,66,68,78)/b21-14+,37-17+/t40-,45+,47+,50+,51-,52+,57+,62+,63-/m1/s1. The van der Waals surface area contributed by atoms with Gasteiger partial charge in [-0.2, -0.15) is 0 Å². The molecule has 4 bridgehead atoms. The number of carbonyl (C=O) groups is 8. The summed E-state index contributed by atoms with van der Waals surface area (Å²) in [4.78, 5) is 113. The van der Waals surface area contributed by atoms with Gasteiger partial charge in [0.15, 0.2) is 5.78 Å². The van der Waals surface area contributed by atoms with Crippen LogP contribution in [0.1, 0.15) is 122 Å². The lowest BCUT2D eigenvalue weighted by Gasteiger charge is -2.41. The van der Waals surface area contributed by atoms with Crippen molar-refractivity contribution in [3.05, 3.63) is 100 Å². The molecule has 2 fully saturated rings. The molecule has 3 aliphatic rings. The van der Waals surface area contributed by atoms with E-state index in [1.54, 1.807) is 50.4 Å². The number of epoxide rings is 1. The van der Waals surface area contributed by atoms with Gasteiger partial charge in [0.25, 0.3) is 0 Å². The number of hydrogen-bond acceptors (Lipinski definition) is 15. The number of carbonyl (C=O) groups excluding carboxylic acids is 8. The highest BCUT2D eigenvalue weighted by Crippen LogP contribution is 2.50. The third-order valence-electron chi connectivity index (χ3n) is 16.2. The van der Waals surface area contributed by atoms with E-state index in [2.05, 4.69) is 43.4 Å². The van der Waals surface area contributed by atoms with Crippen molar-refractivity contribution in [2.45, 2.75) is 167 Å². The molecule has 6 rings (SSSR count). The molecule has 20 nitrogen and oxygen atoms in total. The fourth-order valence-electron chi connectivity index (χ4n) is 11.1. The molecule has 0 aliphatic carbocycles. The number of alkyl halides is 1. The maximum Gasteiger partial charge on any atom is 0.412 e. The Hall–Kier alpha value is -6.52. The van der Waals surface area contributed by atoms with Crippen molar-refractivity contribution in [3.8, 4) is 0 Å². The SMILES string of the molecule is C=C(CBr)C(=O)OCCCCCCC(=O)C[C@H](C(=O)N[C@@H](CCCNC(N)=O)C(=O)Cc1ccc(NC(=O)O[C@H]2CC(=O)N(C)c3cc(cc(C)c3Cl)C/C(C)=C/C=C/[C@@H](OC)[C@]3(O)CC(=O)O[C@@H](C3)[C@@H](C)[C@@H]3O[C@@]23C)c2cccnc12)C(C)C. The Balaban J connectivity index is 1.20. The van der Waals surface area contributed by atoms with Gasteiger partial charge in [0.05, 0.1) is 53.5 Å². The number of hydrogen-bond donors (Lipinski definition) is 5. The molecule has 0 spiro atoms. The van der Waals surface area contributed by atoms with Gasteiger partial charge in [-0.1, -0.05) is 104 Å². The number of aryl methyl sites for hydroxylation is 1. The number of allylic oxidation sites excluding steroid dienone is 3. The van der Waals surface area contributed by atoms with Gasteiger partial charge in [0, 0.05) is 80.7 Å². The first-order valence-electron chi connectivity index (χ1n) is 28.9. The largest absolute Gasteiger partial charge is 0.462 e. The summed E-state index contributed by atoms with van der Waals surface area (Å²) in [6, 6.07) is 8.61. The summed E-state index contributed by atoms with van der Waals surface area (Å²) in [7, 11) is 3.06. The van der Waals surface area contributed by atoms with Crippen LogP contribution in [-0.2, 0) is 65.3 Å². The average Bonchev–Trinajstić information content (AvgIpc) is 1.68. The number of benzene rings is 2. The van der Waals surface area contributed by atoms with Gasteiger partial charge in [0.2, 0.25) is 11.8 Å². The molecule has 462 valence electrons. The smallest absolute Gasteiger partial charge is 0.412 e. The Morgan fingerprint density at radius 2 is 1.80 bits per heavy atom. The van der Waals surface area contributed by atoms with Crippen LogP contribution in [0.25, 0.3) is 10.9 Å². The number of anilines is 2. The maximum atomic E-state index is 14.5. The molecule has 9 atom stereocenters. The molecule has 0 unspecified atom stereocenters. The van der Waals surface area contributed by atoms with Crippen molar-refractivity contribution in [2.75, 3.05) is 42.9 Å². The van der Waals surface area contributed by atoms with Gasteiger partial charge in [-0.25, -0.2) is 14.4 Å². The van der Waals surface area contributed by atoms with Crippen LogP contribution in [0.2, 0.25) is 5.02 Å². The van der Waals surface area contributed by atoms with Crippen LogP contribution in [0.5, 0.6) is 0 Å². The predicted molar refractivity (Wildman–Crippen MR) is 326 cm³/mol. The van der Waals surface area contributed by atoms with Crippen LogP contribution in [0, 0.1) is 24.7 Å². The number of pyridine rings is 1. The number of fused-ring (bicyclic) bond motifs is 6. The first kappa shape index (κ1) is 67.6. The minimum Gasteiger partial charge on any atom is -0.462 e. The highest BCUT2D eigenvalue weighted by atomic mass is 79.9. The van der Waals surface area contributed by atoms with E-state index in [0.29, 0.717) is 57.3 Å². The Kier molecular flexibility index (Phi) is 24.4. The van der Waals surface area contributed by atoms with Gasteiger partial charge in [-0.15, -0.1) is 0 Å². The number of urea groups is 1. The summed E-state index contributed by atoms with van der Waals surface area (Å²) in [6.07, 6.45) is 5.30. The van der Waals surface area contributed by atoms with E-state index >= 15 is 0 Å². The molecule has 0 saturated carbocycles. The second-order valence-corrected chi connectivity index (χ2v) is 24.1. The first-order chi connectivity index (χ1) is 40.3. The molecule has 2 aromatic carbocycles. The summed E-state index contributed by atoms with van der Waals surface area (Å²) >= 11 is 10.1. The van der Waals surface area contributed by atoms with Crippen LogP contribution in [0.4, 0.5) is 21.0 Å². The van der Waals surface area contributed by atoms with Gasteiger partial charge < -0.3 is 50.1 Å². The zero-order valence-corrected chi connectivity index (χ0v) is 52.2. The highest BCUT2D eigenvalue weighted by molar-refractivity contribution is 9.09. The summed E-state index contributed by atoms with van der Waals surface area (Å²) in [5.74, 6) is -3.99. The molecule has 22 heteroatoms. The van der Waals surface area contributed by atoms with Crippen LogP contribution >= 0.6 is 27.5 Å². The molecule has 6 N–H and O–H groups in total. The number of ketones is 2. The second-order valence-electron chi connectivity index (χ2n) is 23.2. The fraction of sp³-hybridized carbons (Fsp3) is 0.540. The van der Waals surface area contributed by atoms with Gasteiger partial charge >= 0.3 is 24.1 Å². The van der Waals surface area contributed by atoms with Crippen molar-refractivity contribution in [1.29, 1.82) is 0 Å². The lowest BCUT2D eigenvalue weighted by Crippen LogP contribution is -2.53. The second kappa shape index (κ2) is 30.7. The fourth-order valence-corrected chi connectivity index (χ4v) is 11.6. The number of unbranched alkanes of at least 4 members (excludes halogenated alkanes) is 3. The van der Waals surface area contributed by atoms with Crippen molar-refractivity contribution >= 4 is 97.3 Å². The third-order valence-corrected chi connectivity index (χ3v) is 17.4. The lowest BCUT2D eigenvalue weighted by molar-refractivity contribution is -0.187. The number of halogens is 2. The number of aromatic nitrogens is 1. The monoisotopic (exact) mass is 1260 g/mol. The summed E-state index contributed by atoms with van der Waals surface area (Å²) in [5.41, 5.74) is 6.84. The zero-order valence-electron chi connectivity index (χ0n) is 49.9. The number of ether oxygens (including phenoxy) is 5. The van der Waals surface area contributed by atoms with E-state index in [9.17, 15) is 43.5 Å². The van der Waals surface area contributed by atoms with Crippen molar-refractivity contribution in [1.82, 2.24) is 15.6 Å². The van der Waals surface area contributed by atoms with Gasteiger partial charge in [-0.3, -0.25) is 34.3 Å². The number of nitrogens with one attached hydrogen (secondary N) is 3. The van der Waals surface area contributed by atoms with Crippen molar-refractivity contribution in [3.63, 3.8) is 0 Å². The van der Waals surface area contributed by atoms with Crippen LogP contribution in [0.15, 0.2) is 78.5 Å².